The fraction of sp³-hybridized carbons (Fsp3) is 0.211. The summed E-state index contributed by atoms with van der Waals surface area (Å²) in [6.07, 6.45) is -2.92. The van der Waals surface area contributed by atoms with Gasteiger partial charge in [0.15, 0.2) is 11.6 Å². The minimum absolute atomic E-state index is 0.0213. The molecule has 142 valence electrons. The van der Waals surface area contributed by atoms with Gasteiger partial charge >= 0.3 is 6.03 Å². The van der Waals surface area contributed by atoms with Crippen LogP contribution in [0.3, 0.4) is 0 Å². The summed E-state index contributed by atoms with van der Waals surface area (Å²) in [5.41, 5.74) is 0.594. The number of hydrogen-bond acceptors (Lipinski definition) is 3. The Bertz CT molecular complexity index is 910. The van der Waals surface area contributed by atoms with Crippen LogP contribution in [0.25, 0.3) is 11.0 Å². The molecule has 0 radical (unpaired) electrons. The van der Waals surface area contributed by atoms with Gasteiger partial charge in [0, 0.05) is 5.39 Å². The number of methoxy groups -OCH3 is 1. The maximum atomic E-state index is 13.8. The van der Waals surface area contributed by atoms with E-state index in [1.807, 2.05) is 18.2 Å². The fourth-order valence-electron chi connectivity index (χ4n) is 2.65. The largest absolute Gasteiger partial charge is 0.494 e. The van der Waals surface area contributed by atoms with Crippen molar-refractivity contribution in [3.8, 4) is 5.75 Å². The molecule has 2 amide bonds. The molecule has 0 aliphatic carbocycles. The van der Waals surface area contributed by atoms with E-state index in [0.29, 0.717) is 11.3 Å². The van der Waals surface area contributed by atoms with E-state index in [9.17, 15) is 18.0 Å². The Morgan fingerprint density at radius 2 is 1.96 bits per heavy atom. The standard InChI is InChI=1S/C19H17F3N2O3/c1-26-16-7-6-12(9-14(16)20)17(18(21)22)24-19(25)23-10-13-8-11-4-2-3-5-15(11)27-13/h2-9,17-18H,10H2,1H3,(H2,23,24,25). The summed E-state index contributed by atoms with van der Waals surface area (Å²) in [6.45, 7) is 0.0213. The molecule has 2 aromatic carbocycles. The molecule has 0 bridgehead atoms. The monoisotopic (exact) mass is 378 g/mol. The number of rotatable bonds is 6. The minimum Gasteiger partial charge on any atom is -0.494 e. The van der Waals surface area contributed by atoms with Crippen molar-refractivity contribution in [2.24, 2.45) is 0 Å². The number of nitrogens with one attached hydrogen (secondary N) is 2. The lowest BCUT2D eigenvalue weighted by molar-refractivity contribution is 0.101. The van der Waals surface area contributed by atoms with Crippen LogP contribution in [0.2, 0.25) is 0 Å². The van der Waals surface area contributed by atoms with Crippen LogP contribution in [0.1, 0.15) is 17.4 Å². The Kier molecular flexibility index (Phi) is 5.54. The molecule has 0 spiro atoms. The number of ether oxygens (including phenoxy) is 1. The molecule has 27 heavy (non-hydrogen) atoms. The summed E-state index contributed by atoms with van der Waals surface area (Å²) in [4.78, 5) is 12.0. The highest BCUT2D eigenvalue weighted by atomic mass is 19.3. The van der Waals surface area contributed by atoms with Crippen molar-refractivity contribution in [3.05, 3.63) is 65.7 Å². The third-order valence-electron chi connectivity index (χ3n) is 3.97. The van der Waals surface area contributed by atoms with Gasteiger partial charge in [0.1, 0.15) is 17.4 Å². The van der Waals surface area contributed by atoms with Crippen LogP contribution >= 0.6 is 0 Å². The van der Waals surface area contributed by atoms with Crippen molar-refractivity contribution in [1.29, 1.82) is 0 Å². The van der Waals surface area contributed by atoms with Crippen LogP contribution in [0.15, 0.2) is 52.9 Å². The van der Waals surface area contributed by atoms with Crippen LogP contribution in [-0.2, 0) is 6.54 Å². The molecule has 0 saturated heterocycles. The molecular formula is C19H17F3N2O3. The molecule has 2 N–H and O–H groups in total. The zero-order valence-corrected chi connectivity index (χ0v) is 14.3. The van der Waals surface area contributed by atoms with E-state index in [0.717, 1.165) is 11.5 Å². The Morgan fingerprint density at radius 3 is 2.63 bits per heavy atom. The fourth-order valence-corrected chi connectivity index (χ4v) is 2.65. The summed E-state index contributed by atoms with van der Waals surface area (Å²) in [7, 11) is 1.27. The molecule has 5 nitrogen and oxygen atoms in total. The van der Waals surface area contributed by atoms with Gasteiger partial charge in [-0.15, -0.1) is 0 Å². The van der Waals surface area contributed by atoms with E-state index >= 15 is 0 Å². The molecule has 8 heteroatoms. The third kappa shape index (κ3) is 4.33. The van der Waals surface area contributed by atoms with Crippen molar-refractivity contribution >= 4 is 17.0 Å². The predicted molar refractivity (Wildman–Crippen MR) is 93.3 cm³/mol. The normalized spacial score (nSPS) is 12.2. The summed E-state index contributed by atoms with van der Waals surface area (Å²) >= 11 is 0. The lowest BCUT2D eigenvalue weighted by Gasteiger charge is -2.19. The molecular weight excluding hydrogens is 361 g/mol. The van der Waals surface area contributed by atoms with Crippen LogP contribution in [0.5, 0.6) is 5.75 Å². The predicted octanol–water partition coefficient (Wildman–Crippen LogP) is 4.39. The number of alkyl halides is 2. The molecule has 1 aromatic heterocycles. The van der Waals surface area contributed by atoms with Gasteiger partial charge in [-0.1, -0.05) is 24.3 Å². The number of carbonyl (C=O) groups excluding carboxylic acids is 1. The molecule has 3 rings (SSSR count). The van der Waals surface area contributed by atoms with E-state index in [1.165, 1.54) is 19.2 Å². The number of hydrogen-bond donors (Lipinski definition) is 2. The number of urea groups is 1. The van der Waals surface area contributed by atoms with Gasteiger partial charge in [-0.25, -0.2) is 18.0 Å². The third-order valence-corrected chi connectivity index (χ3v) is 3.97. The minimum atomic E-state index is -2.92. The number of amides is 2. The van der Waals surface area contributed by atoms with Gasteiger partial charge < -0.3 is 19.8 Å². The van der Waals surface area contributed by atoms with Crippen LogP contribution in [-0.4, -0.2) is 19.6 Å². The number of carbonyl (C=O) groups is 1. The second-order valence-corrected chi connectivity index (χ2v) is 5.78. The zero-order chi connectivity index (χ0) is 19.4. The van der Waals surface area contributed by atoms with Crippen molar-refractivity contribution < 1.29 is 27.1 Å². The Balaban J connectivity index is 1.65. The highest BCUT2D eigenvalue weighted by molar-refractivity contribution is 5.78. The zero-order valence-electron chi connectivity index (χ0n) is 14.3. The first-order valence-electron chi connectivity index (χ1n) is 8.11. The summed E-state index contributed by atoms with van der Waals surface area (Å²) < 4.78 is 50.8. The molecule has 1 atom stereocenters. The molecule has 0 aliphatic rings. The van der Waals surface area contributed by atoms with Crippen LogP contribution < -0.4 is 15.4 Å². The Hall–Kier alpha value is -3.16. The van der Waals surface area contributed by atoms with E-state index in [1.54, 1.807) is 12.1 Å². The maximum Gasteiger partial charge on any atom is 0.315 e. The van der Waals surface area contributed by atoms with Crippen molar-refractivity contribution in [1.82, 2.24) is 10.6 Å². The van der Waals surface area contributed by atoms with Crippen molar-refractivity contribution in [2.75, 3.05) is 7.11 Å². The second kappa shape index (κ2) is 8.03. The molecule has 0 fully saturated rings. The van der Waals surface area contributed by atoms with Crippen LogP contribution in [0, 0.1) is 5.82 Å². The summed E-state index contributed by atoms with van der Waals surface area (Å²) in [5, 5.41) is 5.48. The second-order valence-electron chi connectivity index (χ2n) is 5.78. The highest BCUT2D eigenvalue weighted by Crippen LogP contribution is 2.25. The first-order chi connectivity index (χ1) is 13.0. The number of para-hydroxylation sites is 1. The number of benzene rings is 2. The van der Waals surface area contributed by atoms with Gasteiger partial charge in [-0.3, -0.25) is 0 Å². The number of furan rings is 1. The van der Waals surface area contributed by atoms with Gasteiger partial charge in [0.25, 0.3) is 6.43 Å². The van der Waals surface area contributed by atoms with Crippen molar-refractivity contribution in [2.45, 2.75) is 19.0 Å². The topological polar surface area (TPSA) is 63.5 Å². The highest BCUT2D eigenvalue weighted by Gasteiger charge is 2.25. The van der Waals surface area contributed by atoms with Gasteiger partial charge in [0.2, 0.25) is 0 Å². The van der Waals surface area contributed by atoms with E-state index in [2.05, 4.69) is 10.6 Å². The average molecular weight is 378 g/mol. The SMILES string of the molecule is COc1ccc(C(NC(=O)NCc2cc3ccccc3o2)C(F)F)cc1F. The van der Waals surface area contributed by atoms with Crippen LogP contribution in [0.4, 0.5) is 18.0 Å². The maximum absolute atomic E-state index is 13.8. The molecule has 0 saturated carbocycles. The lowest BCUT2D eigenvalue weighted by atomic mass is 10.1. The lowest BCUT2D eigenvalue weighted by Crippen LogP contribution is -2.40. The number of fused-ring (bicyclic) bond motifs is 1. The summed E-state index contributed by atoms with van der Waals surface area (Å²) in [5.74, 6) is -0.373. The number of halogens is 3. The van der Waals surface area contributed by atoms with Crippen molar-refractivity contribution in [3.63, 3.8) is 0 Å². The van der Waals surface area contributed by atoms with E-state index < -0.39 is 24.3 Å². The quantitative estimate of drug-likeness (QED) is 0.669. The molecule has 1 unspecified atom stereocenters. The summed E-state index contributed by atoms with van der Waals surface area (Å²) in [6, 6.07) is 9.98. The smallest absolute Gasteiger partial charge is 0.315 e. The molecule has 0 aliphatic heterocycles. The van der Waals surface area contributed by atoms with Gasteiger partial charge in [-0.05, 0) is 29.8 Å². The van der Waals surface area contributed by atoms with E-state index in [4.69, 9.17) is 9.15 Å². The van der Waals surface area contributed by atoms with Gasteiger partial charge in [-0.2, -0.15) is 0 Å². The first kappa shape index (κ1) is 18.6. The Labute approximate surface area is 153 Å². The van der Waals surface area contributed by atoms with E-state index in [-0.39, 0.29) is 17.9 Å². The first-order valence-corrected chi connectivity index (χ1v) is 8.11. The molecule has 3 aromatic rings. The average Bonchev–Trinajstić information content (AvgIpc) is 3.07. The Morgan fingerprint density at radius 1 is 1.19 bits per heavy atom. The molecule has 1 heterocycles. The van der Waals surface area contributed by atoms with Gasteiger partial charge in [0.05, 0.1) is 13.7 Å².